The van der Waals surface area contributed by atoms with Gasteiger partial charge in [-0.2, -0.15) is 0 Å². The van der Waals surface area contributed by atoms with E-state index >= 15 is 0 Å². The van der Waals surface area contributed by atoms with Gasteiger partial charge in [0.1, 0.15) is 0 Å². The molecule has 1 heterocycles. The van der Waals surface area contributed by atoms with Gasteiger partial charge in [0.15, 0.2) is 11.6 Å². The molecule has 2 nitrogen and oxygen atoms in total. The third-order valence-electron chi connectivity index (χ3n) is 2.56. The minimum atomic E-state index is -0.584. The summed E-state index contributed by atoms with van der Waals surface area (Å²) in [6.45, 7) is 1.89. The number of hydrogen-bond donors (Lipinski definition) is 2. The highest BCUT2D eigenvalue weighted by atomic mass is 79.9. The average Bonchev–Trinajstić information content (AvgIpc) is 2.66. The molecule has 14 heavy (non-hydrogen) atoms. The van der Waals surface area contributed by atoms with Gasteiger partial charge in [0.25, 0.3) is 0 Å². The molecule has 1 aromatic carbocycles. The lowest BCUT2D eigenvalue weighted by Gasteiger charge is -2.10. The molecular weight excluding hydrogens is 249 g/mol. The molecule has 0 aliphatic carbocycles. The van der Waals surface area contributed by atoms with E-state index in [1.54, 1.807) is 6.07 Å². The van der Waals surface area contributed by atoms with Gasteiger partial charge in [0.05, 0.1) is 4.47 Å². The van der Waals surface area contributed by atoms with Crippen LogP contribution in [0.4, 0.5) is 4.39 Å². The first-order chi connectivity index (χ1) is 6.68. The zero-order valence-electron chi connectivity index (χ0n) is 7.56. The average molecular weight is 260 g/mol. The van der Waals surface area contributed by atoms with E-state index in [2.05, 4.69) is 21.2 Å². The standard InChI is InChI=1S/C10H11BrFNO/c11-8-3-7(4-9(14)10(8)12)6-1-2-13-5-6/h3-4,6,13-14H,1-2,5H2. The Morgan fingerprint density at radius 2 is 2.29 bits per heavy atom. The van der Waals surface area contributed by atoms with Crippen molar-refractivity contribution in [2.24, 2.45) is 0 Å². The van der Waals surface area contributed by atoms with E-state index in [4.69, 9.17) is 0 Å². The highest BCUT2D eigenvalue weighted by Crippen LogP contribution is 2.31. The molecule has 1 saturated heterocycles. The fraction of sp³-hybridized carbons (Fsp3) is 0.400. The molecule has 1 unspecified atom stereocenters. The molecule has 1 aliphatic rings. The van der Waals surface area contributed by atoms with Gasteiger partial charge in [0.2, 0.25) is 0 Å². The molecule has 1 atom stereocenters. The van der Waals surface area contributed by atoms with Crippen LogP contribution >= 0.6 is 15.9 Å². The van der Waals surface area contributed by atoms with Crippen LogP contribution in [-0.4, -0.2) is 18.2 Å². The van der Waals surface area contributed by atoms with Gasteiger partial charge in [0, 0.05) is 6.54 Å². The lowest BCUT2D eigenvalue weighted by Crippen LogP contribution is -2.08. The van der Waals surface area contributed by atoms with Crippen molar-refractivity contribution in [3.8, 4) is 5.75 Å². The topological polar surface area (TPSA) is 32.3 Å². The van der Waals surface area contributed by atoms with Crippen molar-refractivity contribution in [2.75, 3.05) is 13.1 Å². The largest absolute Gasteiger partial charge is 0.505 e. The van der Waals surface area contributed by atoms with Crippen molar-refractivity contribution >= 4 is 15.9 Å². The van der Waals surface area contributed by atoms with Crippen LogP contribution in [0, 0.1) is 5.82 Å². The summed E-state index contributed by atoms with van der Waals surface area (Å²) in [6, 6.07) is 3.25. The van der Waals surface area contributed by atoms with E-state index in [-0.39, 0.29) is 5.75 Å². The second-order valence-corrected chi connectivity index (χ2v) is 4.38. The Kier molecular flexibility index (Phi) is 2.74. The summed E-state index contributed by atoms with van der Waals surface area (Å²) in [5.41, 5.74) is 0.987. The molecule has 4 heteroatoms. The van der Waals surface area contributed by atoms with Gasteiger partial charge in [-0.25, -0.2) is 4.39 Å². The number of aromatic hydroxyl groups is 1. The number of halogens is 2. The maximum absolute atomic E-state index is 13.1. The highest BCUT2D eigenvalue weighted by molar-refractivity contribution is 9.10. The molecule has 2 rings (SSSR count). The van der Waals surface area contributed by atoms with Gasteiger partial charge in [-0.15, -0.1) is 0 Å². The van der Waals surface area contributed by atoms with E-state index in [1.165, 1.54) is 6.07 Å². The predicted molar refractivity (Wildman–Crippen MR) is 56.0 cm³/mol. The molecule has 1 aliphatic heterocycles. The second-order valence-electron chi connectivity index (χ2n) is 3.53. The van der Waals surface area contributed by atoms with Gasteiger partial charge in [-0.05, 0) is 52.5 Å². The van der Waals surface area contributed by atoms with E-state index < -0.39 is 5.82 Å². The van der Waals surface area contributed by atoms with Crippen LogP contribution < -0.4 is 5.32 Å². The van der Waals surface area contributed by atoms with Crippen molar-refractivity contribution in [1.29, 1.82) is 0 Å². The quantitative estimate of drug-likeness (QED) is 0.812. The molecular formula is C10H11BrFNO. The van der Waals surface area contributed by atoms with Crippen molar-refractivity contribution < 1.29 is 9.50 Å². The third kappa shape index (κ3) is 1.77. The summed E-state index contributed by atoms with van der Waals surface area (Å²) in [5.74, 6) is -0.473. The fourth-order valence-electron chi connectivity index (χ4n) is 1.77. The zero-order valence-corrected chi connectivity index (χ0v) is 9.14. The van der Waals surface area contributed by atoms with Gasteiger partial charge in [-0.1, -0.05) is 0 Å². The summed E-state index contributed by atoms with van der Waals surface area (Å²) in [7, 11) is 0. The molecule has 1 aromatic rings. The summed E-state index contributed by atoms with van der Waals surface area (Å²) >= 11 is 3.09. The molecule has 76 valence electrons. The number of hydrogen-bond acceptors (Lipinski definition) is 2. The zero-order chi connectivity index (χ0) is 10.1. The van der Waals surface area contributed by atoms with Crippen LogP contribution in [0.3, 0.4) is 0 Å². The molecule has 0 saturated carbocycles. The number of benzene rings is 1. The van der Waals surface area contributed by atoms with Gasteiger partial charge >= 0.3 is 0 Å². The number of phenols is 1. The number of rotatable bonds is 1. The van der Waals surface area contributed by atoms with Crippen molar-refractivity contribution in [2.45, 2.75) is 12.3 Å². The molecule has 1 fully saturated rings. The minimum Gasteiger partial charge on any atom is -0.505 e. The first-order valence-corrected chi connectivity index (χ1v) is 5.36. The summed E-state index contributed by atoms with van der Waals surface area (Å²) in [4.78, 5) is 0. The van der Waals surface area contributed by atoms with Crippen LogP contribution in [0.2, 0.25) is 0 Å². The molecule has 0 aromatic heterocycles. The third-order valence-corrected chi connectivity index (χ3v) is 3.14. The van der Waals surface area contributed by atoms with Crippen LogP contribution in [0.15, 0.2) is 16.6 Å². The Hall–Kier alpha value is -0.610. The van der Waals surface area contributed by atoms with Crippen LogP contribution in [-0.2, 0) is 0 Å². The Bertz CT molecular complexity index is 327. The second kappa shape index (κ2) is 3.87. The summed E-state index contributed by atoms with van der Waals surface area (Å²) in [6.07, 6.45) is 1.04. The van der Waals surface area contributed by atoms with Crippen LogP contribution in [0.25, 0.3) is 0 Å². The highest BCUT2D eigenvalue weighted by Gasteiger charge is 2.19. The lowest BCUT2D eigenvalue weighted by molar-refractivity contribution is 0.429. The summed E-state index contributed by atoms with van der Waals surface area (Å²) in [5, 5.41) is 12.5. The monoisotopic (exact) mass is 259 g/mol. The minimum absolute atomic E-state index is 0.277. The number of phenolic OH excluding ortho intramolecular Hbond substituents is 1. The van der Waals surface area contributed by atoms with Gasteiger partial charge in [-0.3, -0.25) is 0 Å². The van der Waals surface area contributed by atoms with Crippen molar-refractivity contribution in [3.05, 3.63) is 28.0 Å². The number of nitrogens with one attached hydrogen (secondary N) is 1. The first kappa shape index (κ1) is 9.93. The van der Waals surface area contributed by atoms with Crippen molar-refractivity contribution in [1.82, 2.24) is 5.32 Å². The molecule has 2 N–H and O–H groups in total. The smallest absolute Gasteiger partial charge is 0.178 e. The fourth-order valence-corrected chi connectivity index (χ4v) is 2.24. The maximum Gasteiger partial charge on any atom is 0.178 e. The predicted octanol–water partition coefficient (Wildman–Crippen LogP) is 2.37. The Labute approximate surface area is 90.3 Å². The van der Waals surface area contributed by atoms with E-state index in [9.17, 15) is 9.50 Å². The van der Waals surface area contributed by atoms with Crippen molar-refractivity contribution in [3.63, 3.8) is 0 Å². The Morgan fingerprint density at radius 1 is 1.50 bits per heavy atom. The molecule has 0 spiro atoms. The maximum atomic E-state index is 13.1. The Balaban J connectivity index is 2.34. The molecule has 0 radical (unpaired) electrons. The SMILES string of the molecule is Oc1cc(C2CCNC2)cc(Br)c1F. The first-order valence-electron chi connectivity index (χ1n) is 4.57. The normalized spacial score (nSPS) is 21.4. The molecule has 0 bridgehead atoms. The van der Waals surface area contributed by atoms with E-state index in [0.29, 0.717) is 10.4 Å². The molecule has 0 amide bonds. The summed E-state index contributed by atoms with van der Waals surface area (Å²) < 4.78 is 13.4. The lowest BCUT2D eigenvalue weighted by atomic mass is 9.98. The van der Waals surface area contributed by atoms with E-state index in [0.717, 1.165) is 25.1 Å². The Morgan fingerprint density at radius 3 is 2.86 bits per heavy atom. The van der Waals surface area contributed by atoms with Gasteiger partial charge < -0.3 is 10.4 Å². The van der Waals surface area contributed by atoms with Crippen LogP contribution in [0.5, 0.6) is 5.75 Å². The van der Waals surface area contributed by atoms with Crippen LogP contribution in [0.1, 0.15) is 17.9 Å². The van der Waals surface area contributed by atoms with E-state index in [1.807, 2.05) is 0 Å².